The first kappa shape index (κ1) is 9.48. The van der Waals surface area contributed by atoms with E-state index in [1.54, 1.807) is 6.07 Å². The van der Waals surface area contributed by atoms with Gasteiger partial charge in [0.2, 0.25) is 5.71 Å². The van der Waals surface area contributed by atoms with Gasteiger partial charge < -0.3 is 9.52 Å². The van der Waals surface area contributed by atoms with Crippen molar-refractivity contribution in [1.29, 1.82) is 0 Å². The fourth-order valence-corrected chi connectivity index (χ4v) is 1.73. The summed E-state index contributed by atoms with van der Waals surface area (Å²) in [4.78, 5) is 14.5. The normalized spacial score (nSPS) is 10.7. The topological polar surface area (TPSA) is 63.3 Å². The molecule has 2 aromatic heterocycles. The van der Waals surface area contributed by atoms with Crippen molar-refractivity contribution in [1.82, 2.24) is 4.98 Å². The third-order valence-electron chi connectivity index (χ3n) is 1.70. The summed E-state index contributed by atoms with van der Waals surface area (Å²) in [5.74, 6) is -1.11. The highest BCUT2D eigenvalue weighted by atomic mass is 79.9. The van der Waals surface area contributed by atoms with E-state index in [0.717, 1.165) is 0 Å². The molecule has 0 bridgehead atoms. The summed E-state index contributed by atoms with van der Waals surface area (Å²) in [7, 11) is 0. The number of rotatable bonds is 1. The van der Waals surface area contributed by atoms with Crippen molar-refractivity contribution >= 4 is 44.6 Å². The number of carbonyl (C=O) groups is 1. The van der Waals surface area contributed by atoms with Crippen LogP contribution in [0.3, 0.4) is 0 Å². The predicted molar refractivity (Wildman–Crippen MR) is 53.7 cm³/mol. The first-order chi connectivity index (χ1) is 6.59. The van der Waals surface area contributed by atoms with Gasteiger partial charge in [-0.25, -0.2) is 9.78 Å². The number of hydrogen-bond donors (Lipinski definition) is 1. The highest BCUT2D eigenvalue weighted by molar-refractivity contribution is 9.10. The van der Waals surface area contributed by atoms with Crippen LogP contribution in [0.4, 0.5) is 0 Å². The van der Waals surface area contributed by atoms with Gasteiger partial charge in [0, 0.05) is 12.3 Å². The van der Waals surface area contributed by atoms with Crippen molar-refractivity contribution in [2.45, 2.75) is 0 Å². The molecule has 0 aliphatic rings. The number of aromatic carboxylic acids is 1. The Hall–Kier alpha value is -1.07. The summed E-state index contributed by atoms with van der Waals surface area (Å²) in [5.41, 5.74) is 0.277. The number of aromatic nitrogens is 1. The maximum atomic E-state index is 10.7. The molecular weight excluding hydrogens is 273 g/mol. The minimum atomic E-state index is -1.11. The van der Waals surface area contributed by atoms with E-state index < -0.39 is 5.97 Å². The Bertz CT molecular complexity index is 523. The molecule has 0 saturated carbocycles. The van der Waals surface area contributed by atoms with Crippen LogP contribution in [-0.4, -0.2) is 16.1 Å². The molecule has 0 aliphatic carbocycles. The summed E-state index contributed by atoms with van der Waals surface area (Å²) in [6.07, 6.45) is 1.17. The molecule has 0 aliphatic heterocycles. The van der Waals surface area contributed by atoms with E-state index in [2.05, 4.69) is 20.9 Å². The summed E-state index contributed by atoms with van der Waals surface area (Å²) in [6, 6.07) is 1.58. The van der Waals surface area contributed by atoms with Crippen molar-refractivity contribution in [3.63, 3.8) is 0 Å². The zero-order chi connectivity index (χ0) is 10.3. The van der Waals surface area contributed by atoms with E-state index in [-0.39, 0.29) is 10.6 Å². The molecule has 0 fully saturated rings. The summed E-state index contributed by atoms with van der Waals surface area (Å²) < 4.78 is 5.57. The second-order valence-electron chi connectivity index (χ2n) is 2.56. The Morgan fingerprint density at radius 2 is 2.36 bits per heavy atom. The Balaban J connectivity index is 2.80. The minimum Gasteiger partial charge on any atom is -0.478 e. The van der Waals surface area contributed by atoms with E-state index in [4.69, 9.17) is 21.1 Å². The number of fused-ring (bicyclic) bond motifs is 1. The van der Waals surface area contributed by atoms with E-state index in [9.17, 15) is 4.79 Å². The van der Waals surface area contributed by atoms with Gasteiger partial charge in [-0.05, 0) is 15.9 Å². The molecule has 72 valence electrons. The molecular formula is C8H3BrClNO3. The number of pyridine rings is 1. The van der Waals surface area contributed by atoms with Crippen molar-refractivity contribution in [2.75, 3.05) is 0 Å². The van der Waals surface area contributed by atoms with Crippen LogP contribution in [0.15, 0.2) is 21.3 Å². The molecule has 0 aromatic carbocycles. The van der Waals surface area contributed by atoms with Crippen LogP contribution >= 0.6 is 27.5 Å². The smallest absolute Gasteiger partial charge is 0.338 e. The standard InChI is InChI=1S/C8H3BrClNO3/c9-5-1-3-6(10)4(8(12)13)2-11-7(3)14-5/h1-2H,(H,12,13). The Kier molecular flexibility index (Phi) is 2.20. The molecule has 2 rings (SSSR count). The fourth-order valence-electron chi connectivity index (χ4n) is 1.08. The van der Waals surface area contributed by atoms with Gasteiger partial charge in [-0.2, -0.15) is 0 Å². The molecule has 0 atom stereocenters. The van der Waals surface area contributed by atoms with Crippen LogP contribution in [0.2, 0.25) is 5.02 Å². The lowest BCUT2D eigenvalue weighted by molar-refractivity contribution is 0.0697. The average Bonchev–Trinajstić information content (AvgIpc) is 2.46. The monoisotopic (exact) mass is 275 g/mol. The van der Waals surface area contributed by atoms with Gasteiger partial charge in [0.15, 0.2) is 4.67 Å². The highest BCUT2D eigenvalue weighted by Crippen LogP contribution is 2.30. The quantitative estimate of drug-likeness (QED) is 0.870. The van der Waals surface area contributed by atoms with Gasteiger partial charge in [0.25, 0.3) is 0 Å². The fraction of sp³-hybridized carbons (Fsp3) is 0. The van der Waals surface area contributed by atoms with Crippen LogP contribution < -0.4 is 0 Å². The van der Waals surface area contributed by atoms with E-state index in [1.807, 2.05) is 0 Å². The lowest BCUT2D eigenvalue weighted by Crippen LogP contribution is -1.98. The zero-order valence-electron chi connectivity index (χ0n) is 6.62. The molecule has 1 N–H and O–H groups in total. The lowest BCUT2D eigenvalue weighted by Gasteiger charge is -1.96. The van der Waals surface area contributed by atoms with Gasteiger partial charge in [-0.1, -0.05) is 11.6 Å². The van der Waals surface area contributed by atoms with Crippen LogP contribution in [0, 0.1) is 0 Å². The second kappa shape index (κ2) is 3.25. The van der Waals surface area contributed by atoms with Crippen LogP contribution in [0.1, 0.15) is 10.4 Å². The minimum absolute atomic E-state index is 0.0348. The van der Waals surface area contributed by atoms with Crippen molar-refractivity contribution in [3.8, 4) is 0 Å². The molecule has 0 unspecified atom stereocenters. The van der Waals surface area contributed by atoms with E-state index in [1.165, 1.54) is 6.20 Å². The third kappa shape index (κ3) is 1.38. The molecule has 0 saturated heterocycles. The van der Waals surface area contributed by atoms with E-state index in [0.29, 0.717) is 15.8 Å². The first-order valence-electron chi connectivity index (χ1n) is 3.56. The highest BCUT2D eigenvalue weighted by Gasteiger charge is 2.15. The second-order valence-corrected chi connectivity index (χ2v) is 3.72. The van der Waals surface area contributed by atoms with Crippen molar-refractivity contribution in [2.24, 2.45) is 0 Å². The molecule has 0 amide bonds. The Morgan fingerprint density at radius 3 is 3.00 bits per heavy atom. The Labute approximate surface area is 91.6 Å². The summed E-state index contributed by atoms with van der Waals surface area (Å²) in [6.45, 7) is 0. The van der Waals surface area contributed by atoms with Crippen LogP contribution in [0.25, 0.3) is 11.1 Å². The number of halogens is 2. The lowest BCUT2D eigenvalue weighted by atomic mass is 10.2. The van der Waals surface area contributed by atoms with Crippen molar-refractivity contribution in [3.05, 3.63) is 27.5 Å². The molecule has 0 radical (unpaired) electrons. The zero-order valence-corrected chi connectivity index (χ0v) is 8.96. The van der Waals surface area contributed by atoms with Gasteiger partial charge in [0.05, 0.1) is 16.0 Å². The van der Waals surface area contributed by atoms with Gasteiger partial charge in [-0.3, -0.25) is 0 Å². The maximum absolute atomic E-state index is 10.7. The number of hydrogen-bond acceptors (Lipinski definition) is 3. The number of carboxylic acids is 1. The number of nitrogens with zero attached hydrogens (tertiary/aromatic N) is 1. The molecule has 0 spiro atoms. The Morgan fingerprint density at radius 1 is 1.64 bits per heavy atom. The largest absolute Gasteiger partial charge is 0.478 e. The van der Waals surface area contributed by atoms with Gasteiger partial charge in [0.1, 0.15) is 0 Å². The third-order valence-corrected chi connectivity index (χ3v) is 2.49. The van der Waals surface area contributed by atoms with Crippen molar-refractivity contribution < 1.29 is 14.3 Å². The van der Waals surface area contributed by atoms with Crippen LogP contribution in [-0.2, 0) is 0 Å². The van der Waals surface area contributed by atoms with Gasteiger partial charge >= 0.3 is 5.97 Å². The summed E-state index contributed by atoms with van der Waals surface area (Å²) >= 11 is 8.96. The first-order valence-corrected chi connectivity index (χ1v) is 4.73. The molecule has 4 nitrogen and oxygen atoms in total. The SMILES string of the molecule is O=C(O)c1cnc2oc(Br)cc2c1Cl. The molecule has 2 heterocycles. The maximum Gasteiger partial charge on any atom is 0.338 e. The summed E-state index contributed by atoms with van der Waals surface area (Å²) in [5, 5.41) is 9.39. The average molecular weight is 276 g/mol. The number of furan rings is 1. The number of carboxylic acid groups (broad SMARTS) is 1. The molecule has 14 heavy (non-hydrogen) atoms. The van der Waals surface area contributed by atoms with E-state index >= 15 is 0 Å². The molecule has 2 aromatic rings. The van der Waals surface area contributed by atoms with Crippen LogP contribution in [0.5, 0.6) is 0 Å². The predicted octanol–water partition coefficient (Wildman–Crippen LogP) is 2.94. The molecule has 6 heteroatoms. The van der Waals surface area contributed by atoms with Gasteiger partial charge in [-0.15, -0.1) is 0 Å².